The van der Waals surface area contributed by atoms with E-state index in [4.69, 9.17) is 0 Å². The highest BCUT2D eigenvalue weighted by atomic mass is 16.1. The van der Waals surface area contributed by atoms with Crippen molar-refractivity contribution in [3.05, 3.63) is 0 Å². The van der Waals surface area contributed by atoms with Crippen LogP contribution in [-0.4, -0.2) is 5.78 Å². The maximum absolute atomic E-state index is 11.7. The summed E-state index contributed by atoms with van der Waals surface area (Å²) >= 11 is 0. The third-order valence-corrected chi connectivity index (χ3v) is 3.84. The van der Waals surface area contributed by atoms with Gasteiger partial charge in [0.05, 0.1) is 0 Å². The highest BCUT2D eigenvalue weighted by molar-refractivity contribution is 5.81. The molecule has 1 rings (SSSR count). The average molecular weight is 210 g/mol. The molecule has 0 N–H and O–H groups in total. The lowest BCUT2D eigenvalue weighted by Crippen LogP contribution is -2.21. The summed E-state index contributed by atoms with van der Waals surface area (Å²) in [5, 5.41) is 0. The molecule has 1 aliphatic carbocycles. The van der Waals surface area contributed by atoms with Crippen LogP contribution in [0.15, 0.2) is 0 Å². The number of rotatable bonds is 6. The lowest BCUT2D eigenvalue weighted by Gasteiger charge is -2.24. The molecule has 0 saturated heterocycles. The number of ketones is 1. The summed E-state index contributed by atoms with van der Waals surface area (Å²) < 4.78 is 0. The van der Waals surface area contributed by atoms with Crippen molar-refractivity contribution in [2.45, 2.75) is 71.6 Å². The minimum atomic E-state index is 0.417. The van der Waals surface area contributed by atoms with Gasteiger partial charge in [-0.2, -0.15) is 0 Å². The zero-order chi connectivity index (χ0) is 11.1. The molecular formula is C14H26O. The summed E-state index contributed by atoms with van der Waals surface area (Å²) in [5.74, 6) is 1.77. The van der Waals surface area contributed by atoms with Crippen LogP contribution < -0.4 is 0 Å². The van der Waals surface area contributed by atoms with Crippen LogP contribution in [0.1, 0.15) is 71.6 Å². The molecule has 15 heavy (non-hydrogen) atoms. The number of carbonyl (C=O) groups excluding carboxylic acids is 1. The SMILES string of the molecule is CCCC[C@H](CC)C[C@H]1CCCCC1=O. The standard InChI is InChI=1S/C14H26O/c1-3-5-8-12(4-2)11-13-9-6-7-10-14(13)15/h12-13H,3-11H2,1-2H3/t12-,13+/m0/s1. The largest absolute Gasteiger partial charge is 0.299 e. The Kier molecular flexibility index (Phi) is 5.97. The topological polar surface area (TPSA) is 17.1 Å². The van der Waals surface area contributed by atoms with Crippen molar-refractivity contribution in [2.75, 3.05) is 0 Å². The van der Waals surface area contributed by atoms with Crippen LogP contribution in [0.3, 0.4) is 0 Å². The second-order valence-electron chi connectivity index (χ2n) is 5.06. The molecule has 0 aliphatic heterocycles. The summed E-state index contributed by atoms with van der Waals surface area (Å²) in [5.41, 5.74) is 0. The molecule has 0 bridgehead atoms. The second kappa shape index (κ2) is 7.03. The van der Waals surface area contributed by atoms with E-state index in [2.05, 4.69) is 13.8 Å². The quantitative estimate of drug-likeness (QED) is 0.637. The molecule has 1 aliphatic rings. The normalized spacial score (nSPS) is 24.1. The minimum Gasteiger partial charge on any atom is -0.299 e. The maximum atomic E-state index is 11.7. The molecule has 0 heterocycles. The number of hydrogen-bond acceptors (Lipinski definition) is 1. The van der Waals surface area contributed by atoms with Crippen molar-refractivity contribution < 1.29 is 4.79 Å². The number of Topliss-reactive ketones (excluding diaryl/α,β-unsaturated/α-hetero) is 1. The van der Waals surface area contributed by atoms with E-state index in [1.54, 1.807) is 0 Å². The van der Waals surface area contributed by atoms with Crippen molar-refractivity contribution in [3.63, 3.8) is 0 Å². The highest BCUT2D eigenvalue weighted by Crippen LogP contribution is 2.29. The molecule has 88 valence electrons. The van der Waals surface area contributed by atoms with E-state index in [0.29, 0.717) is 11.7 Å². The first-order valence-corrected chi connectivity index (χ1v) is 6.80. The van der Waals surface area contributed by atoms with Crippen molar-refractivity contribution in [2.24, 2.45) is 11.8 Å². The molecule has 1 fully saturated rings. The molecule has 1 nitrogen and oxygen atoms in total. The summed E-state index contributed by atoms with van der Waals surface area (Å²) in [4.78, 5) is 11.7. The fraction of sp³-hybridized carbons (Fsp3) is 0.929. The van der Waals surface area contributed by atoms with Gasteiger partial charge in [-0.15, -0.1) is 0 Å². The van der Waals surface area contributed by atoms with E-state index in [1.807, 2.05) is 0 Å². The van der Waals surface area contributed by atoms with E-state index < -0.39 is 0 Å². The Balaban J connectivity index is 2.32. The second-order valence-corrected chi connectivity index (χ2v) is 5.06. The van der Waals surface area contributed by atoms with Crippen LogP contribution in [0.5, 0.6) is 0 Å². The van der Waals surface area contributed by atoms with Crippen LogP contribution >= 0.6 is 0 Å². The van der Waals surface area contributed by atoms with Gasteiger partial charge in [0.1, 0.15) is 5.78 Å². The molecule has 1 saturated carbocycles. The van der Waals surface area contributed by atoms with E-state index in [1.165, 1.54) is 44.9 Å². The zero-order valence-electron chi connectivity index (χ0n) is 10.4. The molecule has 0 unspecified atom stereocenters. The van der Waals surface area contributed by atoms with Gasteiger partial charge in [0.15, 0.2) is 0 Å². The Hall–Kier alpha value is -0.330. The Morgan fingerprint density at radius 2 is 2.13 bits per heavy atom. The van der Waals surface area contributed by atoms with E-state index in [9.17, 15) is 4.79 Å². The van der Waals surface area contributed by atoms with Crippen molar-refractivity contribution >= 4 is 5.78 Å². The van der Waals surface area contributed by atoms with Crippen LogP contribution in [0.25, 0.3) is 0 Å². The van der Waals surface area contributed by atoms with Crippen molar-refractivity contribution in [3.8, 4) is 0 Å². The Morgan fingerprint density at radius 1 is 1.33 bits per heavy atom. The Labute approximate surface area is 94.6 Å². The van der Waals surface area contributed by atoms with Gasteiger partial charge in [0, 0.05) is 12.3 Å². The summed E-state index contributed by atoms with van der Waals surface area (Å²) in [6.45, 7) is 4.52. The van der Waals surface area contributed by atoms with Gasteiger partial charge in [0.2, 0.25) is 0 Å². The van der Waals surface area contributed by atoms with Gasteiger partial charge in [-0.3, -0.25) is 4.79 Å². The highest BCUT2D eigenvalue weighted by Gasteiger charge is 2.24. The Bertz CT molecular complexity index is 186. The van der Waals surface area contributed by atoms with Gasteiger partial charge >= 0.3 is 0 Å². The summed E-state index contributed by atoms with van der Waals surface area (Å²) in [6, 6.07) is 0. The zero-order valence-corrected chi connectivity index (χ0v) is 10.4. The van der Waals surface area contributed by atoms with Gasteiger partial charge in [0.25, 0.3) is 0 Å². The molecule has 0 aromatic heterocycles. The lowest BCUT2D eigenvalue weighted by atomic mass is 9.80. The molecule has 0 radical (unpaired) electrons. The predicted octanol–water partition coefficient (Wildman–Crippen LogP) is 4.35. The van der Waals surface area contributed by atoms with Crippen molar-refractivity contribution in [1.82, 2.24) is 0 Å². The summed E-state index contributed by atoms with van der Waals surface area (Å²) in [7, 11) is 0. The number of carbonyl (C=O) groups is 1. The first kappa shape index (κ1) is 12.7. The fourth-order valence-corrected chi connectivity index (χ4v) is 2.69. The summed E-state index contributed by atoms with van der Waals surface area (Å²) in [6.07, 6.45) is 10.8. The predicted molar refractivity (Wildman–Crippen MR) is 64.9 cm³/mol. The molecule has 0 spiro atoms. The molecular weight excluding hydrogens is 184 g/mol. The Morgan fingerprint density at radius 3 is 2.73 bits per heavy atom. The van der Waals surface area contributed by atoms with Crippen LogP contribution in [0, 0.1) is 11.8 Å². The molecule has 2 atom stereocenters. The first-order chi connectivity index (χ1) is 7.27. The smallest absolute Gasteiger partial charge is 0.135 e. The van der Waals surface area contributed by atoms with E-state index in [-0.39, 0.29) is 0 Å². The molecule has 1 heteroatoms. The minimum absolute atomic E-state index is 0.417. The van der Waals surface area contributed by atoms with Gasteiger partial charge in [-0.25, -0.2) is 0 Å². The van der Waals surface area contributed by atoms with Gasteiger partial charge < -0.3 is 0 Å². The first-order valence-electron chi connectivity index (χ1n) is 6.80. The third kappa shape index (κ3) is 4.36. The van der Waals surface area contributed by atoms with Gasteiger partial charge in [-0.05, 0) is 25.2 Å². The van der Waals surface area contributed by atoms with E-state index >= 15 is 0 Å². The molecule has 0 amide bonds. The molecule has 0 aromatic carbocycles. The maximum Gasteiger partial charge on any atom is 0.135 e. The fourth-order valence-electron chi connectivity index (χ4n) is 2.69. The van der Waals surface area contributed by atoms with Crippen LogP contribution in [0.4, 0.5) is 0 Å². The van der Waals surface area contributed by atoms with Crippen molar-refractivity contribution in [1.29, 1.82) is 0 Å². The van der Waals surface area contributed by atoms with Gasteiger partial charge in [-0.1, -0.05) is 46.0 Å². The molecule has 0 aromatic rings. The van der Waals surface area contributed by atoms with E-state index in [0.717, 1.165) is 18.8 Å². The monoisotopic (exact) mass is 210 g/mol. The van der Waals surface area contributed by atoms with Crippen LogP contribution in [0.2, 0.25) is 0 Å². The average Bonchev–Trinajstić information content (AvgIpc) is 2.26. The number of unbranched alkanes of at least 4 members (excludes halogenated alkanes) is 1. The third-order valence-electron chi connectivity index (χ3n) is 3.84. The lowest BCUT2D eigenvalue weighted by molar-refractivity contribution is -0.125. The number of hydrogen-bond donors (Lipinski definition) is 0. The van der Waals surface area contributed by atoms with Crippen LogP contribution in [-0.2, 0) is 4.79 Å².